The van der Waals surface area contributed by atoms with Gasteiger partial charge in [-0.05, 0) is 43.5 Å². The van der Waals surface area contributed by atoms with Crippen LogP contribution in [0, 0.1) is 5.92 Å². The van der Waals surface area contributed by atoms with Crippen LogP contribution in [0.25, 0.3) is 0 Å². The zero-order chi connectivity index (χ0) is 15.0. The molecule has 2 rings (SSSR count). The zero-order valence-electron chi connectivity index (χ0n) is 11.0. The molecule has 1 aromatic rings. The molecule has 2 atom stereocenters. The second-order valence-corrected chi connectivity index (χ2v) is 10.1. The molecule has 0 aliphatic carbocycles. The lowest BCUT2D eigenvalue weighted by molar-refractivity contribution is 0.445. The van der Waals surface area contributed by atoms with Crippen LogP contribution in [0.4, 0.5) is 0 Å². The molecule has 1 aliphatic rings. The van der Waals surface area contributed by atoms with Gasteiger partial charge < -0.3 is 0 Å². The van der Waals surface area contributed by atoms with Crippen molar-refractivity contribution in [1.29, 1.82) is 0 Å². The van der Waals surface area contributed by atoms with Crippen molar-refractivity contribution in [2.45, 2.75) is 24.3 Å². The minimum absolute atomic E-state index is 0.0368. The maximum Gasteiger partial charge on any atom is 0.240 e. The highest BCUT2D eigenvalue weighted by Crippen LogP contribution is 2.49. The van der Waals surface area contributed by atoms with E-state index in [9.17, 15) is 17.5 Å². The minimum Gasteiger partial charge on any atom is -0.299 e. The minimum atomic E-state index is -3.58. The number of halogens is 1. The van der Waals surface area contributed by atoms with E-state index in [2.05, 4.69) is 20.7 Å². The van der Waals surface area contributed by atoms with Crippen LogP contribution in [0.1, 0.15) is 13.3 Å². The van der Waals surface area contributed by atoms with Crippen molar-refractivity contribution in [3.63, 3.8) is 0 Å². The van der Waals surface area contributed by atoms with Crippen molar-refractivity contribution < 1.29 is 17.5 Å². The normalized spacial score (nSPS) is 25.3. The van der Waals surface area contributed by atoms with Gasteiger partial charge in [-0.1, -0.05) is 15.9 Å². The molecule has 5 nitrogen and oxygen atoms in total. The van der Waals surface area contributed by atoms with E-state index in [0.29, 0.717) is 12.2 Å². The Bertz CT molecular complexity index is 574. The predicted molar refractivity (Wildman–Crippen MR) is 84.6 cm³/mol. The van der Waals surface area contributed by atoms with Gasteiger partial charge in [0.05, 0.1) is 4.90 Å². The van der Waals surface area contributed by atoms with Crippen molar-refractivity contribution in [2.75, 3.05) is 11.5 Å². The Morgan fingerprint density at radius 3 is 2.45 bits per heavy atom. The molecule has 114 valence electrons. The van der Waals surface area contributed by atoms with E-state index in [1.807, 2.05) is 0 Å². The third kappa shape index (κ3) is 3.96. The number of benzene rings is 1. The fraction of sp³-hybridized carbons (Fsp3) is 0.500. The summed E-state index contributed by atoms with van der Waals surface area (Å²) < 4.78 is 47.1. The molecule has 1 aromatic carbocycles. The Morgan fingerprint density at radius 1 is 1.35 bits per heavy atom. The van der Waals surface area contributed by atoms with Crippen LogP contribution in [-0.2, 0) is 10.0 Å². The van der Waals surface area contributed by atoms with Crippen molar-refractivity contribution in [2.24, 2.45) is 5.92 Å². The molecule has 8 heteroatoms. The fourth-order valence-corrected chi connectivity index (χ4v) is 5.83. The Balaban J connectivity index is 2.07. The van der Waals surface area contributed by atoms with Gasteiger partial charge in [0.2, 0.25) is 10.0 Å². The van der Waals surface area contributed by atoms with Gasteiger partial charge >= 0.3 is 0 Å². The van der Waals surface area contributed by atoms with E-state index >= 15 is 0 Å². The number of hydrogen-bond donors (Lipinski definition) is 3. The Morgan fingerprint density at radius 2 is 1.95 bits per heavy atom. The van der Waals surface area contributed by atoms with Gasteiger partial charge in [0.1, 0.15) is 0 Å². The van der Waals surface area contributed by atoms with Gasteiger partial charge in [-0.2, -0.15) is 10.6 Å². The number of sulfonamides is 1. The summed E-state index contributed by atoms with van der Waals surface area (Å²) in [6.45, 7) is 1.77. The summed E-state index contributed by atoms with van der Waals surface area (Å²) in [7, 11) is -6.08. The molecule has 0 saturated carbocycles. The summed E-state index contributed by atoms with van der Waals surface area (Å²) in [5, 5.41) is 0. The lowest BCUT2D eigenvalue weighted by atomic mass is 10.0. The maximum absolute atomic E-state index is 12.2. The molecule has 1 aliphatic heterocycles. The largest absolute Gasteiger partial charge is 0.299 e. The highest BCUT2D eigenvalue weighted by molar-refractivity contribution is 9.10. The molecule has 1 heterocycles. The van der Waals surface area contributed by atoms with Crippen LogP contribution in [0.15, 0.2) is 33.6 Å². The first-order valence-electron chi connectivity index (χ1n) is 6.21. The van der Waals surface area contributed by atoms with Crippen molar-refractivity contribution in [3.8, 4) is 0 Å². The second kappa shape index (κ2) is 5.94. The van der Waals surface area contributed by atoms with Gasteiger partial charge in [-0.15, -0.1) is 0 Å². The number of nitrogens with one attached hydrogen (secondary N) is 1. The lowest BCUT2D eigenvalue weighted by Crippen LogP contribution is -2.38. The average molecular weight is 384 g/mol. The highest BCUT2D eigenvalue weighted by atomic mass is 79.9. The van der Waals surface area contributed by atoms with Crippen LogP contribution in [0.5, 0.6) is 0 Å². The first-order valence-corrected chi connectivity index (χ1v) is 10.4. The van der Waals surface area contributed by atoms with Crippen LogP contribution in [0.2, 0.25) is 0 Å². The topological polar surface area (TPSA) is 86.6 Å². The molecule has 0 radical (unpaired) electrons. The third-order valence-corrected chi connectivity index (χ3v) is 7.42. The molecule has 2 unspecified atom stereocenters. The van der Waals surface area contributed by atoms with E-state index in [1.54, 1.807) is 19.1 Å². The molecule has 20 heavy (non-hydrogen) atoms. The third-order valence-electron chi connectivity index (χ3n) is 3.47. The lowest BCUT2D eigenvalue weighted by Gasteiger charge is -2.27. The van der Waals surface area contributed by atoms with E-state index in [4.69, 9.17) is 0 Å². The molecule has 1 saturated heterocycles. The highest BCUT2D eigenvalue weighted by Gasteiger charge is 2.33. The fourth-order valence-electron chi connectivity index (χ4n) is 2.27. The molecule has 0 spiro atoms. The van der Waals surface area contributed by atoms with Gasteiger partial charge in [0.25, 0.3) is 0 Å². The van der Waals surface area contributed by atoms with Crippen molar-refractivity contribution >= 4 is 36.5 Å². The van der Waals surface area contributed by atoms with Crippen molar-refractivity contribution in [3.05, 3.63) is 28.7 Å². The first-order chi connectivity index (χ1) is 9.20. The maximum atomic E-state index is 12.2. The first kappa shape index (κ1) is 16.3. The number of rotatable bonds is 4. The standard InChI is InChI=1S/C12H18BrNO4S2/c1-9(10-6-7-19(15,16)8-10)14-20(17,18)12-4-2-11(13)3-5-12/h2-5,9-10,14-16H,6-8H2,1H3. The van der Waals surface area contributed by atoms with Gasteiger partial charge in [-0.25, -0.2) is 13.1 Å². The van der Waals surface area contributed by atoms with Crippen LogP contribution in [-0.4, -0.2) is 35.1 Å². The summed E-state index contributed by atoms with van der Waals surface area (Å²) in [5.74, 6) is 0.601. The molecule has 0 aromatic heterocycles. The monoisotopic (exact) mass is 383 g/mol. The van der Waals surface area contributed by atoms with E-state index in [1.165, 1.54) is 12.1 Å². The summed E-state index contributed by atoms with van der Waals surface area (Å²) in [6, 6.07) is 6.08. The number of hydrogen-bond acceptors (Lipinski definition) is 4. The van der Waals surface area contributed by atoms with Gasteiger partial charge in [0, 0.05) is 22.0 Å². The van der Waals surface area contributed by atoms with E-state index < -0.39 is 20.6 Å². The molecular weight excluding hydrogens is 366 g/mol. The summed E-state index contributed by atoms with van der Waals surface area (Å²) >= 11 is 3.26. The van der Waals surface area contributed by atoms with Crippen LogP contribution in [0.3, 0.4) is 0 Å². The van der Waals surface area contributed by atoms with Crippen LogP contribution >= 0.6 is 26.5 Å². The second-order valence-electron chi connectivity index (χ2n) is 5.09. The van der Waals surface area contributed by atoms with Gasteiger partial charge in [-0.3, -0.25) is 9.11 Å². The molecule has 0 amide bonds. The molecule has 3 N–H and O–H groups in total. The van der Waals surface area contributed by atoms with Crippen LogP contribution < -0.4 is 4.72 Å². The molecule has 1 fully saturated rings. The summed E-state index contributed by atoms with van der Waals surface area (Å²) in [5.41, 5.74) is 0. The average Bonchev–Trinajstić information content (AvgIpc) is 2.70. The Hall–Kier alpha value is -0.120. The zero-order valence-corrected chi connectivity index (χ0v) is 14.2. The Kier molecular flexibility index (Phi) is 4.83. The molecule has 0 bridgehead atoms. The summed E-state index contributed by atoms with van der Waals surface area (Å²) in [4.78, 5) is 0.206. The van der Waals surface area contributed by atoms with Gasteiger partial charge in [0.15, 0.2) is 0 Å². The van der Waals surface area contributed by atoms with Crippen molar-refractivity contribution in [1.82, 2.24) is 4.72 Å². The quantitative estimate of drug-likeness (QED) is 0.745. The summed E-state index contributed by atoms with van der Waals surface area (Å²) in [6.07, 6.45) is 0.631. The SMILES string of the molecule is CC(NS(=O)(=O)c1ccc(Br)cc1)C1CCS(O)(O)C1. The molecular formula is C12H18BrNO4S2. The predicted octanol–water partition coefficient (Wildman–Crippen LogP) is 2.89. The van der Waals surface area contributed by atoms with E-state index in [0.717, 1.165) is 4.47 Å². The Labute approximate surface area is 129 Å². The smallest absolute Gasteiger partial charge is 0.240 e. The van der Waals surface area contributed by atoms with E-state index in [-0.39, 0.29) is 22.6 Å².